The molecule has 0 aliphatic carbocycles. The van der Waals surface area contributed by atoms with Crippen molar-refractivity contribution in [3.05, 3.63) is 23.8 Å². The van der Waals surface area contributed by atoms with Crippen molar-refractivity contribution < 1.29 is 18.3 Å². The number of para-hydroxylation sites is 1. The number of carboxylic acid groups (broad SMARTS) is 1. The van der Waals surface area contributed by atoms with Gasteiger partial charge in [0, 0.05) is 6.04 Å². The van der Waals surface area contributed by atoms with Crippen LogP contribution in [0.2, 0.25) is 0 Å². The molecule has 4 N–H and O–H groups in total. The van der Waals surface area contributed by atoms with Gasteiger partial charge in [0.05, 0.1) is 28.4 Å². The lowest BCUT2D eigenvalue weighted by molar-refractivity contribution is 0.0698. The molecule has 1 aliphatic heterocycles. The second-order valence-corrected chi connectivity index (χ2v) is 6.55. The molecule has 0 amide bonds. The fourth-order valence-electron chi connectivity index (χ4n) is 2.02. The highest BCUT2D eigenvalue weighted by atomic mass is 32.2. The third kappa shape index (κ3) is 2.56. The second kappa shape index (κ2) is 4.49. The van der Waals surface area contributed by atoms with Crippen molar-refractivity contribution in [3.8, 4) is 0 Å². The van der Waals surface area contributed by atoms with Crippen LogP contribution in [-0.4, -0.2) is 37.0 Å². The molecule has 6 nitrogen and oxygen atoms in total. The van der Waals surface area contributed by atoms with E-state index in [9.17, 15) is 13.2 Å². The van der Waals surface area contributed by atoms with Crippen molar-refractivity contribution in [1.82, 2.24) is 0 Å². The van der Waals surface area contributed by atoms with Gasteiger partial charge in [0.2, 0.25) is 0 Å². The van der Waals surface area contributed by atoms with Crippen LogP contribution >= 0.6 is 0 Å². The first-order valence-electron chi connectivity index (χ1n) is 5.48. The molecule has 1 unspecified atom stereocenters. The van der Waals surface area contributed by atoms with Gasteiger partial charge in [0.15, 0.2) is 9.84 Å². The molecule has 1 aliphatic rings. The normalized spacial score (nSPS) is 21.7. The number of nitrogens with one attached hydrogen (secondary N) is 1. The quantitative estimate of drug-likeness (QED) is 0.692. The highest BCUT2D eigenvalue weighted by molar-refractivity contribution is 7.91. The highest BCUT2D eigenvalue weighted by Gasteiger charge is 2.29. The van der Waals surface area contributed by atoms with Gasteiger partial charge in [0.1, 0.15) is 0 Å². The van der Waals surface area contributed by atoms with Gasteiger partial charge < -0.3 is 16.2 Å². The maximum absolute atomic E-state index is 11.3. The first-order valence-corrected chi connectivity index (χ1v) is 7.30. The summed E-state index contributed by atoms with van der Waals surface area (Å²) in [4.78, 5) is 11.1. The molecule has 1 saturated heterocycles. The summed E-state index contributed by atoms with van der Waals surface area (Å²) < 4.78 is 22.7. The van der Waals surface area contributed by atoms with Crippen LogP contribution in [0.4, 0.5) is 11.4 Å². The molecule has 1 aromatic carbocycles. The summed E-state index contributed by atoms with van der Waals surface area (Å²) in [5.74, 6) is -0.953. The Balaban J connectivity index is 2.27. The van der Waals surface area contributed by atoms with Crippen molar-refractivity contribution in [2.45, 2.75) is 12.5 Å². The standard InChI is InChI=1S/C11H14N2O4S/c12-9-3-1-2-8(11(14)15)10(9)13-7-4-5-18(16,17)6-7/h1-3,7,13H,4-6,12H2,(H,14,15). The SMILES string of the molecule is Nc1cccc(C(=O)O)c1NC1CCS(=O)(=O)C1. The van der Waals surface area contributed by atoms with Crippen molar-refractivity contribution in [2.75, 3.05) is 22.6 Å². The van der Waals surface area contributed by atoms with Crippen LogP contribution in [0.1, 0.15) is 16.8 Å². The first-order chi connectivity index (χ1) is 8.39. The molecule has 1 fully saturated rings. The van der Waals surface area contributed by atoms with Gasteiger partial charge in [-0.15, -0.1) is 0 Å². The summed E-state index contributed by atoms with van der Waals surface area (Å²) in [6, 6.07) is 4.29. The third-order valence-electron chi connectivity index (χ3n) is 2.91. The van der Waals surface area contributed by atoms with Gasteiger partial charge in [-0.2, -0.15) is 0 Å². The summed E-state index contributed by atoms with van der Waals surface area (Å²) in [6.45, 7) is 0. The Kier molecular flexibility index (Phi) is 3.16. The molecule has 0 saturated carbocycles. The Morgan fingerprint density at radius 2 is 2.17 bits per heavy atom. The molecule has 98 valence electrons. The monoisotopic (exact) mass is 270 g/mol. The molecule has 0 aromatic heterocycles. The molecule has 0 bridgehead atoms. The van der Waals surface area contributed by atoms with Gasteiger partial charge in [-0.1, -0.05) is 6.07 Å². The van der Waals surface area contributed by atoms with Crippen LogP contribution < -0.4 is 11.1 Å². The van der Waals surface area contributed by atoms with Crippen molar-refractivity contribution in [3.63, 3.8) is 0 Å². The molecular weight excluding hydrogens is 256 g/mol. The van der Waals surface area contributed by atoms with E-state index in [2.05, 4.69) is 5.32 Å². The summed E-state index contributed by atoms with van der Waals surface area (Å²) in [6.07, 6.45) is 0.468. The Morgan fingerprint density at radius 1 is 1.44 bits per heavy atom. The van der Waals surface area contributed by atoms with Gasteiger partial charge >= 0.3 is 5.97 Å². The summed E-state index contributed by atoms with van der Waals surface area (Å²) in [5, 5.41) is 12.0. The number of hydrogen-bond donors (Lipinski definition) is 3. The minimum atomic E-state index is -3.01. The zero-order valence-electron chi connectivity index (χ0n) is 9.59. The number of benzene rings is 1. The smallest absolute Gasteiger partial charge is 0.337 e. The van der Waals surface area contributed by atoms with Crippen LogP contribution in [0.3, 0.4) is 0 Å². The number of aromatic carboxylic acids is 1. The number of nitrogens with two attached hydrogens (primary N) is 1. The van der Waals surface area contributed by atoms with E-state index >= 15 is 0 Å². The fraction of sp³-hybridized carbons (Fsp3) is 0.364. The Morgan fingerprint density at radius 3 is 2.72 bits per heavy atom. The van der Waals surface area contributed by atoms with Crippen LogP contribution in [0.25, 0.3) is 0 Å². The molecule has 0 spiro atoms. The minimum Gasteiger partial charge on any atom is -0.478 e. The largest absolute Gasteiger partial charge is 0.478 e. The third-order valence-corrected chi connectivity index (χ3v) is 4.68. The van der Waals surface area contributed by atoms with Crippen LogP contribution in [0, 0.1) is 0 Å². The predicted molar refractivity (Wildman–Crippen MR) is 68.5 cm³/mol. The number of carbonyl (C=O) groups is 1. The molecular formula is C11H14N2O4S. The maximum atomic E-state index is 11.3. The summed E-state index contributed by atoms with van der Waals surface area (Å²) in [5.41, 5.74) is 6.39. The average molecular weight is 270 g/mol. The van der Waals surface area contributed by atoms with Crippen LogP contribution in [-0.2, 0) is 9.84 Å². The second-order valence-electron chi connectivity index (χ2n) is 4.32. The van der Waals surface area contributed by atoms with E-state index in [4.69, 9.17) is 10.8 Å². The van der Waals surface area contributed by atoms with Crippen molar-refractivity contribution in [2.24, 2.45) is 0 Å². The van der Waals surface area contributed by atoms with E-state index in [1.165, 1.54) is 6.07 Å². The van der Waals surface area contributed by atoms with E-state index in [-0.39, 0.29) is 23.1 Å². The molecule has 1 heterocycles. The van der Waals surface area contributed by atoms with E-state index < -0.39 is 15.8 Å². The van der Waals surface area contributed by atoms with E-state index in [0.29, 0.717) is 17.8 Å². The van der Waals surface area contributed by atoms with Gasteiger partial charge in [-0.05, 0) is 18.6 Å². The summed E-state index contributed by atoms with van der Waals surface area (Å²) in [7, 11) is -3.01. The molecule has 2 rings (SSSR count). The molecule has 1 aromatic rings. The Hall–Kier alpha value is -1.76. The highest BCUT2D eigenvalue weighted by Crippen LogP contribution is 2.26. The summed E-state index contributed by atoms with van der Waals surface area (Å²) >= 11 is 0. The molecule has 18 heavy (non-hydrogen) atoms. The number of sulfone groups is 1. The molecule has 1 atom stereocenters. The topological polar surface area (TPSA) is 109 Å². The minimum absolute atomic E-state index is 0.0143. The van der Waals surface area contributed by atoms with Crippen LogP contribution in [0.5, 0.6) is 0 Å². The Labute approximate surface area is 105 Å². The van der Waals surface area contributed by atoms with Gasteiger partial charge in [0.25, 0.3) is 0 Å². The lowest BCUT2D eigenvalue weighted by Crippen LogP contribution is -2.22. The van der Waals surface area contributed by atoms with E-state index in [1.54, 1.807) is 12.1 Å². The lowest BCUT2D eigenvalue weighted by Gasteiger charge is -2.16. The van der Waals surface area contributed by atoms with Gasteiger partial charge in [-0.25, -0.2) is 13.2 Å². The number of nitrogen functional groups attached to an aromatic ring is 1. The van der Waals surface area contributed by atoms with E-state index in [1.807, 2.05) is 0 Å². The zero-order chi connectivity index (χ0) is 13.3. The molecule has 0 radical (unpaired) electrons. The average Bonchev–Trinajstić information content (AvgIpc) is 2.61. The van der Waals surface area contributed by atoms with Crippen molar-refractivity contribution in [1.29, 1.82) is 0 Å². The molecule has 7 heteroatoms. The fourth-order valence-corrected chi connectivity index (χ4v) is 3.70. The number of carboxylic acids is 1. The van der Waals surface area contributed by atoms with Crippen molar-refractivity contribution >= 4 is 27.2 Å². The van der Waals surface area contributed by atoms with Gasteiger partial charge in [-0.3, -0.25) is 0 Å². The maximum Gasteiger partial charge on any atom is 0.337 e. The van der Waals surface area contributed by atoms with Crippen LogP contribution in [0.15, 0.2) is 18.2 Å². The lowest BCUT2D eigenvalue weighted by atomic mass is 10.1. The van der Waals surface area contributed by atoms with E-state index in [0.717, 1.165) is 0 Å². The first kappa shape index (κ1) is 12.7. The Bertz CT molecular complexity index is 583. The number of anilines is 2. The predicted octanol–water partition coefficient (Wildman–Crippen LogP) is 0.566. The number of rotatable bonds is 3. The number of hydrogen-bond acceptors (Lipinski definition) is 5. The zero-order valence-corrected chi connectivity index (χ0v) is 10.4.